The number of carbonyl (C=O) groups excluding carboxylic acids is 2. The molecule has 6 nitrogen and oxygen atoms in total. The van der Waals surface area contributed by atoms with Gasteiger partial charge in [-0.1, -0.05) is 19.1 Å². The first kappa shape index (κ1) is 16.0. The lowest BCUT2D eigenvalue weighted by Crippen LogP contribution is -2.48. The Kier molecular flexibility index (Phi) is 5.99. The van der Waals surface area contributed by atoms with Crippen LogP contribution in [0.25, 0.3) is 0 Å². The molecule has 0 radical (unpaired) electrons. The molecule has 1 aromatic rings. The molecule has 0 aromatic heterocycles. The van der Waals surface area contributed by atoms with Gasteiger partial charge < -0.3 is 11.5 Å². The van der Waals surface area contributed by atoms with E-state index in [1.54, 1.807) is 6.92 Å². The van der Waals surface area contributed by atoms with E-state index in [1.807, 2.05) is 36.1 Å². The van der Waals surface area contributed by atoms with Crippen LogP contribution in [-0.4, -0.2) is 29.4 Å². The smallest absolute Gasteiger partial charge is 0.318 e. The normalized spacial score (nSPS) is 12.2. The second-order valence-electron chi connectivity index (χ2n) is 4.74. The lowest BCUT2D eigenvalue weighted by atomic mass is 10.1. The fraction of sp³-hybridized carbons (Fsp3) is 0.429. The van der Waals surface area contributed by atoms with Gasteiger partial charge in [0.1, 0.15) is 0 Å². The predicted molar refractivity (Wildman–Crippen MR) is 78.7 cm³/mol. The summed E-state index contributed by atoms with van der Waals surface area (Å²) in [5.74, 6) is -0.388. The zero-order valence-electron chi connectivity index (χ0n) is 11.9. The summed E-state index contributed by atoms with van der Waals surface area (Å²) in [4.78, 5) is 24.6. The number of carbonyl (C=O) groups is 2. The molecule has 20 heavy (non-hydrogen) atoms. The number of nitrogen functional groups attached to an aromatic ring is 1. The summed E-state index contributed by atoms with van der Waals surface area (Å²) in [5.41, 5.74) is 12.4. The highest BCUT2D eigenvalue weighted by molar-refractivity contribution is 5.96. The van der Waals surface area contributed by atoms with Crippen molar-refractivity contribution in [2.24, 2.45) is 5.73 Å². The maximum Gasteiger partial charge on any atom is 0.318 e. The molecule has 0 bridgehead atoms. The molecule has 0 saturated heterocycles. The Balaban J connectivity index is 2.74. The number of hydrogen-bond acceptors (Lipinski definition) is 4. The lowest BCUT2D eigenvalue weighted by Gasteiger charge is -2.27. The van der Waals surface area contributed by atoms with Crippen LogP contribution in [0.5, 0.6) is 0 Å². The summed E-state index contributed by atoms with van der Waals surface area (Å²) in [5, 5.41) is 2.11. The summed E-state index contributed by atoms with van der Waals surface area (Å²) in [6.07, 6.45) is 0.906. The van der Waals surface area contributed by atoms with Crippen LogP contribution in [0.15, 0.2) is 24.3 Å². The maximum absolute atomic E-state index is 11.8. The van der Waals surface area contributed by atoms with Crippen molar-refractivity contribution >= 4 is 17.6 Å². The second kappa shape index (κ2) is 7.49. The minimum atomic E-state index is -0.828. The molecule has 0 aliphatic rings. The van der Waals surface area contributed by atoms with Gasteiger partial charge in [0, 0.05) is 12.2 Å². The zero-order valence-corrected chi connectivity index (χ0v) is 11.9. The number of primary amides is 1. The molecule has 0 aliphatic carbocycles. The molecular formula is C14H22N4O2. The molecule has 6 heteroatoms. The summed E-state index contributed by atoms with van der Waals surface area (Å²) >= 11 is 0. The van der Waals surface area contributed by atoms with Gasteiger partial charge in [-0.05, 0) is 37.6 Å². The van der Waals surface area contributed by atoms with E-state index in [0.29, 0.717) is 12.2 Å². The van der Waals surface area contributed by atoms with Crippen molar-refractivity contribution in [2.75, 3.05) is 12.3 Å². The SMILES string of the molecule is CCCN(Cc1ccc(N)cc1)C(C)C(=O)NC(N)=O. The standard InChI is InChI=1S/C14H22N4O2/c1-3-8-18(10(2)13(19)17-14(16)20)9-11-4-6-12(15)7-5-11/h4-7,10H,3,8-9,15H2,1-2H3,(H3,16,17,19,20). The van der Waals surface area contributed by atoms with Crippen LogP contribution in [0, 0.1) is 0 Å². The number of hydrogen-bond donors (Lipinski definition) is 3. The maximum atomic E-state index is 11.8. The Morgan fingerprint density at radius 2 is 1.90 bits per heavy atom. The van der Waals surface area contributed by atoms with Crippen molar-refractivity contribution in [1.82, 2.24) is 10.2 Å². The molecule has 5 N–H and O–H groups in total. The number of imide groups is 1. The average Bonchev–Trinajstić information content (AvgIpc) is 2.39. The number of rotatable bonds is 6. The number of urea groups is 1. The van der Waals surface area contributed by atoms with E-state index in [1.165, 1.54) is 0 Å². The van der Waals surface area contributed by atoms with Crippen molar-refractivity contribution in [2.45, 2.75) is 32.9 Å². The summed E-state index contributed by atoms with van der Waals surface area (Å²) in [6, 6.07) is 6.25. The van der Waals surface area contributed by atoms with Crippen LogP contribution >= 0.6 is 0 Å². The molecule has 3 amide bonds. The van der Waals surface area contributed by atoms with Gasteiger partial charge in [-0.25, -0.2) is 4.79 Å². The lowest BCUT2D eigenvalue weighted by molar-refractivity contribution is -0.124. The molecule has 1 atom stereocenters. The predicted octanol–water partition coefficient (Wildman–Crippen LogP) is 1.06. The van der Waals surface area contributed by atoms with E-state index in [-0.39, 0.29) is 5.91 Å². The molecule has 1 rings (SSSR count). The van der Waals surface area contributed by atoms with Crippen LogP contribution in [0.4, 0.5) is 10.5 Å². The van der Waals surface area contributed by atoms with Gasteiger partial charge in [-0.3, -0.25) is 15.0 Å². The van der Waals surface area contributed by atoms with Crippen molar-refractivity contribution < 1.29 is 9.59 Å². The molecule has 0 heterocycles. The number of amides is 3. The third-order valence-electron chi connectivity index (χ3n) is 3.05. The van der Waals surface area contributed by atoms with Gasteiger partial charge in [0.2, 0.25) is 5.91 Å². The number of nitrogens with zero attached hydrogens (tertiary/aromatic N) is 1. The Bertz CT molecular complexity index is 459. The average molecular weight is 278 g/mol. The largest absolute Gasteiger partial charge is 0.399 e. The van der Waals surface area contributed by atoms with Crippen LogP contribution in [0.1, 0.15) is 25.8 Å². The van der Waals surface area contributed by atoms with Crippen LogP contribution in [0.3, 0.4) is 0 Å². The van der Waals surface area contributed by atoms with Gasteiger partial charge in [0.25, 0.3) is 0 Å². The van der Waals surface area contributed by atoms with E-state index in [9.17, 15) is 9.59 Å². The number of anilines is 1. The minimum absolute atomic E-state index is 0.388. The Morgan fingerprint density at radius 3 is 2.40 bits per heavy atom. The van der Waals surface area contributed by atoms with E-state index in [4.69, 9.17) is 11.5 Å². The third kappa shape index (κ3) is 4.89. The van der Waals surface area contributed by atoms with Gasteiger partial charge >= 0.3 is 6.03 Å². The van der Waals surface area contributed by atoms with Crippen LogP contribution < -0.4 is 16.8 Å². The molecule has 110 valence electrons. The summed E-state index contributed by atoms with van der Waals surface area (Å²) in [7, 11) is 0. The molecule has 1 unspecified atom stereocenters. The number of benzene rings is 1. The summed E-state index contributed by atoms with van der Waals surface area (Å²) < 4.78 is 0. The first-order chi connectivity index (χ1) is 9.43. The van der Waals surface area contributed by atoms with Gasteiger partial charge in [0.15, 0.2) is 0 Å². The highest BCUT2D eigenvalue weighted by Crippen LogP contribution is 2.11. The molecule has 0 fully saturated rings. The van der Waals surface area contributed by atoms with Crippen LogP contribution in [0.2, 0.25) is 0 Å². The Morgan fingerprint density at radius 1 is 1.30 bits per heavy atom. The molecule has 0 saturated carbocycles. The molecule has 0 aliphatic heterocycles. The zero-order chi connectivity index (χ0) is 15.1. The molecule has 0 spiro atoms. The van der Waals surface area contributed by atoms with Crippen molar-refractivity contribution in [3.05, 3.63) is 29.8 Å². The fourth-order valence-electron chi connectivity index (χ4n) is 1.95. The molecular weight excluding hydrogens is 256 g/mol. The number of nitrogens with one attached hydrogen (secondary N) is 1. The topological polar surface area (TPSA) is 101 Å². The second-order valence-corrected chi connectivity index (χ2v) is 4.74. The number of nitrogens with two attached hydrogens (primary N) is 2. The van der Waals surface area contributed by atoms with Crippen molar-refractivity contribution in [3.8, 4) is 0 Å². The van der Waals surface area contributed by atoms with Gasteiger partial charge in [0.05, 0.1) is 6.04 Å². The van der Waals surface area contributed by atoms with Gasteiger partial charge in [-0.2, -0.15) is 0 Å². The third-order valence-corrected chi connectivity index (χ3v) is 3.05. The highest BCUT2D eigenvalue weighted by atomic mass is 16.2. The fourth-order valence-corrected chi connectivity index (χ4v) is 1.95. The monoisotopic (exact) mass is 278 g/mol. The minimum Gasteiger partial charge on any atom is -0.399 e. The van der Waals surface area contributed by atoms with E-state index >= 15 is 0 Å². The molecule has 1 aromatic carbocycles. The first-order valence-corrected chi connectivity index (χ1v) is 6.62. The Labute approximate surface area is 119 Å². The highest BCUT2D eigenvalue weighted by Gasteiger charge is 2.21. The van der Waals surface area contributed by atoms with Crippen molar-refractivity contribution in [3.63, 3.8) is 0 Å². The van der Waals surface area contributed by atoms with E-state index < -0.39 is 12.1 Å². The Hall–Kier alpha value is -2.08. The quantitative estimate of drug-likeness (QED) is 0.677. The van der Waals surface area contributed by atoms with Crippen LogP contribution in [-0.2, 0) is 11.3 Å². The van der Waals surface area contributed by atoms with Gasteiger partial charge in [-0.15, -0.1) is 0 Å². The first-order valence-electron chi connectivity index (χ1n) is 6.62. The summed E-state index contributed by atoms with van der Waals surface area (Å²) in [6.45, 7) is 5.15. The van der Waals surface area contributed by atoms with Crippen molar-refractivity contribution in [1.29, 1.82) is 0 Å². The van der Waals surface area contributed by atoms with E-state index in [0.717, 1.165) is 18.5 Å². The van der Waals surface area contributed by atoms with E-state index in [2.05, 4.69) is 5.32 Å².